The van der Waals surface area contributed by atoms with Gasteiger partial charge in [-0.05, 0) is 56.2 Å². The number of para-hydroxylation sites is 1. The molecule has 0 bridgehead atoms. The van der Waals surface area contributed by atoms with Crippen molar-refractivity contribution in [2.75, 3.05) is 13.1 Å². The standard InChI is InChI=1S/C23H23N3O4/c1-16-21(25-30-24-16)14-22(27)26-13-5-6-18(15-26)23(28)17-9-11-20(12-10-17)29-19-7-3-2-4-8-19/h2-4,7-12,18H,5-6,13-15H2,1H3/t18-/m1/s1. The highest BCUT2D eigenvalue weighted by Crippen LogP contribution is 2.25. The van der Waals surface area contributed by atoms with Crippen LogP contribution in [0.15, 0.2) is 59.2 Å². The van der Waals surface area contributed by atoms with E-state index < -0.39 is 0 Å². The van der Waals surface area contributed by atoms with E-state index in [0.29, 0.717) is 35.8 Å². The normalized spacial score (nSPS) is 16.3. The second-order valence-corrected chi connectivity index (χ2v) is 7.46. The van der Waals surface area contributed by atoms with E-state index in [1.165, 1.54) is 0 Å². The summed E-state index contributed by atoms with van der Waals surface area (Å²) in [5.74, 6) is 1.21. The first-order valence-corrected chi connectivity index (χ1v) is 10.0. The fraction of sp³-hybridized carbons (Fsp3) is 0.304. The molecule has 1 fully saturated rings. The second-order valence-electron chi connectivity index (χ2n) is 7.46. The van der Waals surface area contributed by atoms with Crippen LogP contribution in [0.1, 0.15) is 34.6 Å². The summed E-state index contributed by atoms with van der Waals surface area (Å²) in [4.78, 5) is 27.4. The van der Waals surface area contributed by atoms with Crippen LogP contribution in [-0.2, 0) is 11.2 Å². The van der Waals surface area contributed by atoms with Gasteiger partial charge in [-0.1, -0.05) is 28.5 Å². The quantitative estimate of drug-likeness (QED) is 0.580. The number of aryl methyl sites for hydroxylation is 1. The highest BCUT2D eigenvalue weighted by molar-refractivity contribution is 5.98. The maximum atomic E-state index is 13.0. The molecule has 0 saturated carbocycles. The zero-order valence-electron chi connectivity index (χ0n) is 16.8. The number of nitrogens with zero attached hydrogens (tertiary/aromatic N) is 3. The van der Waals surface area contributed by atoms with E-state index in [1.807, 2.05) is 30.3 Å². The van der Waals surface area contributed by atoms with Crippen molar-refractivity contribution in [2.24, 2.45) is 5.92 Å². The molecule has 0 aliphatic carbocycles. The summed E-state index contributed by atoms with van der Waals surface area (Å²) < 4.78 is 10.4. The van der Waals surface area contributed by atoms with Gasteiger partial charge < -0.3 is 9.64 Å². The SMILES string of the molecule is Cc1nonc1CC(=O)N1CCC[C@@H](C(=O)c2ccc(Oc3ccccc3)cc2)C1. The Morgan fingerprint density at radius 1 is 1.07 bits per heavy atom. The highest BCUT2D eigenvalue weighted by Gasteiger charge is 2.29. The third-order valence-electron chi connectivity index (χ3n) is 5.33. The van der Waals surface area contributed by atoms with Crippen LogP contribution in [0.2, 0.25) is 0 Å². The van der Waals surface area contributed by atoms with E-state index in [0.717, 1.165) is 18.6 Å². The Hall–Kier alpha value is -3.48. The average Bonchev–Trinajstić information content (AvgIpc) is 3.19. The molecule has 1 atom stereocenters. The monoisotopic (exact) mass is 405 g/mol. The molecule has 1 amide bonds. The van der Waals surface area contributed by atoms with Gasteiger partial charge in [0.05, 0.1) is 6.42 Å². The van der Waals surface area contributed by atoms with Crippen LogP contribution >= 0.6 is 0 Å². The number of Topliss-reactive ketones (excluding diaryl/α,β-unsaturated/α-hetero) is 1. The molecule has 7 heteroatoms. The topological polar surface area (TPSA) is 85.5 Å². The van der Waals surface area contributed by atoms with Gasteiger partial charge in [0.2, 0.25) is 5.91 Å². The van der Waals surface area contributed by atoms with Crippen molar-refractivity contribution in [1.82, 2.24) is 15.2 Å². The number of amides is 1. The summed E-state index contributed by atoms with van der Waals surface area (Å²) in [6.07, 6.45) is 1.71. The lowest BCUT2D eigenvalue weighted by Crippen LogP contribution is -2.43. The zero-order chi connectivity index (χ0) is 20.9. The van der Waals surface area contributed by atoms with Gasteiger partial charge in [0.1, 0.15) is 22.9 Å². The van der Waals surface area contributed by atoms with Crippen molar-refractivity contribution in [1.29, 1.82) is 0 Å². The highest BCUT2D eigenvalue weighted by atomic mass is 16.6. The Morgan fingerprint density at radius 2 is 1.80 bits per heavy atom. The van der Waals surface area contributed by atoms with Gasteiger partial charge in [-0.25, -0.2) is 4.63 Å². The van der Waals surface area contributed by atoms with Crippen molar-refractivity contribution >= 4 is 11.7 Å². The van der Waals surface area contributed by atoms with Crippen molar-refractivity contribution in [2.45, 2.75) is 26.2 Å². The van der Waals surface area contributed by atoms with Gasteiger partial charge in [0.25, 0.3) is 0 Å². The molecule has 0 spiro atoms. The molecule has 1 saturated heterocycles. The summed E-state index contributed by atoms with van der Waals surface area (Å²) >= 11 is 0. The van der Waals surface area contributed by atoms with E-state index in [-0.39, 0.29) is 24.0 Å². The summed E-state index contributed by atoms with van der Waals surface area (Å²) in [5.41, 5.74) is 1.79. The fourth-order valence-electron chi connectivity index (χ4n) is 3.63. The molecule has 1 aliphatic heterocycles. The number of ether oxygens (including phenoxy) is 1. The third-order valence-corrected chi connectivity index (χ3v) is 5.33. The van der Waals surface area contributed by atoms with Crippen molar-refractivity contribution in [3.05, 3.63) is 71.5 Å². The number of carbonyl (C=O) groups is 2. The third kappa shape index (κ3) is 4.56. The molecule has 154 valence electrons. The predicted octanol–water partition coefficient (Wildman–Crippen LogP) is 3.83. The van der Waals surface area contributed by atoms with Crippen LogP contribution < -0.4 is 4.74 Å². The first-order chi connectivity index (χ1) is 14.6. The number of hydrogen-bond acceptors (Lipinski definition) is 6. The van der Waals surface area contributed by atoms with Gasteiger partial charge in [0.15, 0.2) is 5.78 Å². The van der Waals surface area contributed by atoms with E-state index in [1.54, 1.807) is 36.1 Å². The van der Waals surface area contributed by atoms with Crippen LogP contribution in [0.25, 0.3) is 0 Å². The molecule has 1 aromatic heterocycles. The smallest absolute Gasteiger partial charge is 0.228 e. The summed E-state index contributed by atoms with van der Waals surface area (Å²) in [7, 11) is 0. The fourth-order valence-corrected chi connectivity index (χ4v) is 3.63. The lowest BCUT2D eigenvalue weighted by atomic mass is 9.89. The number of hydrogen-bond donors (Lipinski definition) is 0. The van der Waals surface area contributed by atoms with Crippen molar-refractivity contribution in [3.63, 3.8) is 0 Å². The number of rotatable bonds is 6. The lowest BCUT2D eigenvalue weighted by molar-refractivity contribution is -0.132. The summed E-state index contributed by atoms with van der Waals surface area (Å²) in [5, 5.41) is 7.49. The van der Waals surface area contributed by atoms with Crippen LogP contribution in [0, 0.1) is 12.8 Å². The predicted molar refractivity (Wildman–Crippen MR) is 109 cm³/mol. The van der Waals surface area contributed by atoms with E-state index in [9.17, 15) is 9.59 Å². The van der Waals surface area contributed by atoms with Crippen LogP contribution in [-0.4, -0.2) is 40.0 Å². The van der Waals surface area contributed by atoms with Gasteiger partial charge in [0, 0.05) is 24.6 Å². The largest absolute Gasteiger partial charge is 0.457 e. The van der Waals surface area contributed by atoms with Gasteiger partial charge in [-0.3, -0.25) is 9.59 Å². The maximum absolute atomic E-state index is 13.0. The van der Waals surface area contributed by atoms with E-state index >= 15 is 0 Å². The Kier molecular flexibility index (Phi) is 5.88. The Balaban J connectivity index is 1.38. The Labute approximate surface area is 174 Å². The number of ketones is 1. The lowest BCUT2D eigenvalue weighted by Gasteiger charge is -2.32. The second kappa shape index (κ2) is 8.90. The number of aromatic nitrogens is 2. The maximum Gasteiger partial charge on any atom is 0.228 e. The molecule has 7 nitrogen and oxygen atoms in total. The molecule has 2 heterocycles. The first kappa shape index (κ1) is 19.8. The van der Waals surface area contributed by atoms with Crippen LogP contribution in [0.3, 0.4) is 0 Å². The average molecular weight is 405 g/mol. The van der Waals surface area contributed by atoms with Crippen LogP contribution in [0.4, 0.5) is 0 Å². The van der Waals surface area contributed by atoms with Crippen molar-refractivity contribution in [3.8, 4) is 11.5 Å². The number of piperidine rings is 1. The summed E-state index contributed by atoms with van der Waals surface area (Å²) in [6.45, 7) is 2.83. The number of benzene rings is 2. The van der Waals surface area contributed by atoms with E-state index in [2.05, 4.69) is 14.9 Å². The molecule has 0 unspecified atom stereocenters. The molecule has 30 heavy (non-hydrogen) atoms. The number of carbonyl (C=O) groups excluding carboxylic acids is 2. The number of likely N-dealkylation sites (tertiary alicyclic amines) is 1. The molecule has 0 radical (unpaired) electrons. The minimum Gasteiger partial charge on any atom is -0.457 e. The first-order valence-electron chi connectivity index (χ1n) is 10.0. The minimum atomic E-state index is -0.208. The molecule has 4 rings (SSSR count). The van der Waals surface area contributed by atoms with E-state index in [4.69, 9.17) is 4.74 Å². The molecule has 0 N–H and O–H groups in total. The van der Waals surface area contributed by atoms with Gasteiger partial charge in [-0.15, -0.1) is 0 Å². The molecular formula is C23H23N3O4. The minimum absolute atomic E-state index is 0.0537. The Morgan fingerprint density at radius 3 is 2.50 bits per heavy atom. The Bertz CT molecular complexity index is 1010. The van der Waals surface area contributed by atoms with Gasteiger partial charge in [-0.2, -0.15) is 0 Å². The summed E-state index contributed by atoms with van der Waals surface area (Å²) in [6, 6.07) is 16.7. The van der Waals surface area contributed by atoms with Gasteiger partial charge >= 0.3 is 0 Å². The van der Waals surface area contributed by atoms with Crippen molar-refractivity contribution < 1.29 is 19.0 Å². The molecule has 2 aromatic carbocycles. The molecule has 1 aliphatic rings. The zero-order valence-corrected chi connectivity index (χ0v) is 16.8. The molecule has 3 aromatic rings. The molecular weight excluding hydrogens is 382 g/mol. The van der Waals surface area contributed by atoms with Crippen LogP contribution in [0.5, 0.6) is 11.5 Å².